The van der Waals surface area contributed by atoms with E-state index in [0.717, 1.165) is 18.5 Å². The van der Waals surface area contributed by atoms with Crippen LogP contribution >= 0.6 is 0 Å². The number of unbranched alkanes of at least 4 members (excludes halogenated alkanes) is 4. The molecule has 28 heavy (non-hydrogen) atoms. The van der Waals surface area contributed by atoms with Crippen molar-refractivity contribution >= 4 is 22.0 Å². The van der Waals surface area contributed by atoms with Crippen LogP contribution in [0.15, 0.2) is 36.4 Å². The van der Waals surface area contributed by atoms with Crippen molar-refractivity contribution in [3.05, 3.63) is 36.4 Å². The summed E-state index contributed by atoms with van der Waals surface area (Å²) in [6.07, 6.45) is 8.71. The van der Waals surface area contributed by atoms with Crippen molar-refractivity contribution < 1.29 is 27.2 Å². The zero-order valence-electron chi connectivity index (χ0n) is 16.6. The third-order valence-corrected chi connectivity index (χ3v) is 4.66. The van der Waals surface area contributed by atoms with Crippen molar-refractivity contribution in [2.24, 2.45) is 0 Å². The molecule has 0 saturated heterocycles. The van der Waals surface area contributed by atoms with Crippen molar-refractivity contribution in [3.8, 4) is 5.75 Å². The molecule has 0 heterocycles. The van der Waals surface area contributed by atoms with Gasteiger partial charge in [-0.1, -0.05) is 32.3 Å². The van der Waals surface area contributed by atoms with Crippen molar-refractivity contribution in [2.75, 3.05) is 17.6 Å². The Morgan fingerprint density at radius 3 is 2.54 bits per heavy atom. The van der Waals surface area contributed by atoms with Crippen molar-refractivity contribution in [3.63, 3.8) is 0 Å². The summed E-state index contributed by atoms with van der Waals surface area (Å²) in [4.78, 5) is 11.8. The lowest BCUT2D eigenvalue weighted by atomic mass is 10.1. The Labute approximate surface area is 167 Å². The zero-order valence-corrected chi connectivity index (χ0v) is 17.4. The molecule has 1 atom stereocenters. The molecule has 158 valence electrons. The first-order valence-corrected chi connectivity index (χ1v) is 11.2. The third-order valence-electron chi connectivity index (χ3n) is 3.87. The lowest BCUT2D eigenvalue weighted by Crippen LogP contribution is -2.16. The standard InChI is InChI=1S/C20H31NO6S/c1-3-4-5-6-7-8-10-17(2)26-20(22)27-19-13-11-18(12-14-19)21-15-9-16-28(23,24)25/h8,10-14,17,21H,3-7,9,15-16H2,1-2H3,(H,23,24,25)/p-1/b10-8+. The van der Waals surface area contributed by atoms with Gasteiger partial charge in [0.2, 0.25) is 0 Å². The average molecular weight is 413 g/mol. The van der Waals surface area contributed by atoms with Gasteiger partial charge >= 0.3 is 6.16 Å². The summed E-state index contributed by atoms with van der Waals surface area (Å²) in [6.45, 7) is 4.30. The molecule has 1 aromatic rings. The second kappa shape index (κ2) is 13.2. The maximum Gasteiger partial charge on any atom is 0.514 e. The van der Waals surface area contributed by atoms with Crippen LogP contribution in [0, 0.1) is 0 Å². The molecule has 0 aromatic heterocycles. The molecule has 0 fully saturated rings. The fourth-order valence-electron chi connectivity index (χ4n) is 2.41. The number of allylic oxidation sites excluding steroid dienone is 1. The molecular formula is C20H30NO6S-. The minimum atomic E-state index is -4.19. The van der Waals surface area contributed by atoms with Gasteiger partial charge in [-0.15, -0.1) is 0 Å². The number of hydrogen-bond acceptors (Lipinski definition) is 7. The van der Waals surface area contributed by atoms with Crippen LogP contribution in [0.25, 0.3) is 0 Å². The number of rotatable bonds is 13. The molecule has 1 rings (SSSR count). The topological polar surface area (TPSA) is 105 Å². The lowest BCUT2D eigenvalue weighted by molar-refractivity contribution is 0.0823. The van der Waals surface area contributed by atoms with Gasteiger partial charge in [0.25, 0.3) is 0 Å². The number of carbonyl (C=O) groups excluding carboxylic acids is 1. The number of anilines is 1. The zero-order chi connectivity index (χ0) is 20.8. The predicted molar refractivity (Wildman–Crippen MR) is 109 cm³/mol. The molecule has 0 aliphatic carbocycles. The average Bonchev–Trinajstić information content (AvgIpc) is 2.62. The van der Waals surface area contributed by atoms with E-state index in [1.807, 2.05) is 12.2 Å². The smallest absolute Gasteiger partial charge is 0.514 e. The van der Waals surface area contributed by atoms with E-state index in [1.165, 1.54) is 19.3 Å². The molecule has 8 heteroatoms. The van der Waals surface area contributed by atoms with Crippen LogP contribution in [0.1, 0.15) is 52.4 Å². The van der Waals surface area contributed by atoms with Gasteiger partial charge in [0.1, 0.15) is 11.9 Å². The molecule has 0 bridgehead atoms. The first-order valence-electron chi connectivity index (χ1n) is 9.63. The summed E-state index contributed by atoms with van der Waals surface area (Å²) in [6, 6.07) is 6.58. The van der Waals surface area contributed by atoms with E-state index in [4.69, 9.17) is 9.47 Å². The highest BCUT2D eigenvalue weighted by molar-refractivity contribution is 7.85. The van der Waals surface area contributed by atoms with Gasteiger partial charge in [0.05, 0.1) is 10.1 Å². The first kappa shape index (κ1) is 24.0. The van der Waals surface area contributed by atoms with Crippen LogP contribution in [0.5, 0.6) is 5.75 Å². The van der Waals surface area contributed by atoms with Crippen LogP contribution in [0.3, 0.4) is 0 Å². The van der Waals surface area contributed by atoms with E-state index in [-0.39, 0.29) is 12.5 Å². The van der Waals surface area contributed by atoms with Crippen molar-refractivity contribution in [2.45, 2.75) is 58.5 Å². The summed E-state index contributed by atoms with van der Waals surface area (Å²) in [5, 5.41) is 2.99. The third kappa shape index (κ3) is 12.3. The highest BCUT2D eigenvalue weighted by Crippen LogP contribution is 2.16. The lowest BCUT2D eigenvalue weighted by Gasteiger charge is -2.11. The second-order valence-corrected chi connectivity index (χ2v) is 8.04. The fraction of sp³-hybridized carbons (Fsp3) is 0.550. The quantitative estimate of drug-likeness (QED) is 0.168. The number of ether oxygens (including phenoxy) is 2. The molecule has 0 radical (unpaired) electrons. The normalized spacial score (nSPS) is 12.7. The summed E-state index contributed by atoms with van der Waals surface area (Å²) >= 11 is 0. The van der Waals surface area contributed by atoms with Crippen LogP contribution in [-0.4, -0.2) is 37.5 Å². The second-order valence-electron chi connectivity index (χ2n) is 6.52. The van der Waals surface area contributed by atoms with Gasteiger partial charge in [0.15, 0.2) is 0 Å². The Kier molecular flexibility index (Phi) is 11.3. The van der Waals surface area contributed by atoms with E-state index in [0.29, 0.717) is 12.3 Å². The Bertz CT molecular complexity index is 700. The molecule has 1 N–H and O–H groups in total. The monoisotopic (exact) mass is 412 g/mol. The van der Waals surface area contributed by atoms with E-state index in [2.05, 4.69) is 12.2 Å². The van der Waals surface area contributed by atoms with Crippen LogP contribution in [0.2, 0.25) is 0 Å². The first-order chi connectivity index (χ1) is 13.3. The summed E-state index contributed by atoms with van der Waals surface area (Å²) in [5.74, 6) is -0.0632. The fourth-order valence-corrected chi connectivity index (χ4v) is 2.91. The van der Waals surface area contributed by atoms with Gasteiger partial charge in [0, 0.05) is 18.0 Å². The Hall–Kier alpha value is -2.06. The maximum absolute atomic E-state index is 11.8. The number of carbonyl (C=O) groups is 1. The summed E-state index contributed by atoms with van der Waals surface area (Å²) in [5.41, 5.74) is 0.725. The number of nitrogens with one attached hydrogen (secondary N) is 1. The van der Waals surface area contributed by atoms with Crippen LogP contribution < -0.4 is 10.1 Å². The molecule has 7 nitrogen and oxygen atoms in total. The Morgan fingerprint density at radius 1 is 1.18 bits per heavy atom. The molecule has 0 aliphatic heterocycles. The number of hydrogen-bond donors (Lipinski definition) is 1. The van der Waals surface area contributed by atoms with E-state index in [1.54, 1.807) is 31.2 Å². The molecule has 0 aliphatic rings. The molecule has 1 aromatic carbocycles. The molecule has 0 saturated carbocycles. The molecule has 1 unspecified atom stereocenters. The highest BCUT2D eigenvalue weighted by Gasteiger charge is 2.09. The summed E-state index contributed by atoms with van der Waals surface area (Å²) < 4.78 is 41.9. The van der Waals surface area contributed by atoms with Crippen LogP contribution in [-0.2, 0) is 14.9 Å². The largest absolute Gasteiger partial charge is 0.748 e. The van der Waals surface area contributed by atoms with Crippen LogP contribution in [0.4, 0.5) is 10.5 Å². The molecule has 0 spiro atoms. The highest BCUT2D eigenvalue weighted by atomic mass is 32.2. The van der Waals surface area contributed by atoms with Gasteiger partial charge < -0.3 is 19.3 Å². The summed E-state index contributed by atoms with van der Waals surface area (Å²) in [7, 11) is -4.19. The minimum Gasteiger partial charge on any atom is -0.748 e. The minimum absolute atomic E-state index is 0.223. The maximum atomic E-state index is 11.8. The SMILES string of the molecule is CCCCCC/C=C/C(C)OC(=O)Oc1ccc(NCCCS(=O)(=O)[O-])cc1. The molecular weight excluding hydrogens is 382 g/mol. The number of benzene rings is 1. The van der Waals surface area contributed by atoms with E-state index < -0.39 is 22.0 Å². The van der Waals surface area contributed by atoms with Gasteiger partial charge in [-0.05, 0) is 56.5 Å². The predicted octanol–water partition coefficient (Wildman–Crippen LogP) is 4.46. The molecule has 0 amide bonds. The Balaban J connectivity index is 2.29. The van der Waals surface area contributed by atoms with Gasteiger partial charge in [-0.2, -0.15) is 0 Å². The van der Waals surface area contributed by atoms with E-state index in [9.17, 15) is 17.8 Å². The van der Waals surface area contributed by atoms with Gasteiger partial charge in [-0.3, -0.25) is 0 Å². The van der Waals surface area contributed by atoms with Crippen molar-refractivity contribution in [1.82, 2.24) is 0 Å². The van der Waals surface area contributed by atoms with Crippen molar-refractivity contribution in [1.29, 1.82) is 0 Å². The Morgan fingerprint density at radius 2 is 1.89 bits per heavy atom. The van der Waals surface area contributed by atoms with E-state index >= 15 is 0 Å². The van der Waals surface area contributed by atoms with Gasteiger partial charge in [-0.25, -0.2) is 13.2 Å².